The molecule has 0 saturated heterocycles. The zero-order valence-electron chi connectivity index (χ0n) is 14.9. The number of nitrogens with one attached hydrogen (secondary N) is 1. The highest BCUT2D eigenvalue weighted by Crippen LogP contribution is 2.28. The SMILES string of the molecule is COc1cccn2c(CNC(=O)c3ccccc3)c(-c3ccccc3)nc12. The molecule has 134 valence electrons. The molecule has 4 rings (SSSR count). The van der Waals surface area contributed by atoms with Crippen LogP contribution in [0.2, 0.25) is 0 Å². The summed E-state index contributed by atoms with van der Waals surface area (Å²) in [5.74, 6) is 0.572. The molecule has 1 amide bonds. The standard InChI is InChI=1S/C22H19N3O2/c1-27-19-13-8-14-25-18(15-23-22(26)17-11-6-3-7-12-17)20(24-21(19)25)16-9-4-2-5-10-16/h2-14H,15H2,1H3,(H,23,26). The van der Waals surface area contributed by atoms with Gasteiger partial charge in [-0.25, -0.2) is 4.98 Å². The van der Waals surface area contributed by atoms with E-state index in [1.807, 2.05) is 71.3 Å². The third-order valence-corrected chi connectivity index (χ3v) is 4.43. The van der Waals surface area contributed by atoms with E-state index < -0.39 is 0 Å². The number of benzene rings is 2. The Morgan fingerprint density at radius 3 is 2.41 bits per heavy atom. The number of fused-ring (bicyclic) bond motifs is 1. The van der Waals surface area contributed by atoms with Crippen LogP contribution >= 0.6 is 0 Å². The van der Waals surface area contributed by atoms with Gasteiger partial charge in [0.25, 0.3) is 5.91 Å². The van der Waals surface area contributed by atoms with Crippen LogP contribution in [0.1, 0.15) is 16.1 Å². The van der Waals surface area contributed by atoms with Gasteiger partial charge in [0, 0.05) is 17.3 Å². The van der Waals surface area contributed by atoms with Crippen molar-refractivity contribution in [2.75, 3.05) is 7.11 Å². The molecule has 0 unspecified atom stereocenters. The van der Waals surface area contributed by atoms with Gasteiger partial charge in [0.05, 0.1) is 25.0 Å². The number of carbonyl (C=O) groups is 1. The van der Waals surface area contributed by atoms with Gasteiger partial charge < -0.3 is 10.1 Å². The molecule has 2 aromatic heterocycles. The predicted octanol–water partition coefficient (Wildman–Crippen LogP) is 3.94. The van der Waals surface area contributed by atoms with Gasteiger partial charge in [-0.15, -0.1) is 0 Å². The number of pyridine rings is 1. The van der Waals surface area contributed by atoms with Crippen molar-refractivity contribution in [3.63, 3.8) is 0 Å². The summed E-state index contributed by atoms with van der Waals surface area (Å²) in [5, 5.41) is 3.00. The minimum atomic E-state index is -0.118. The molecule has 27 heavy (non-hydrogen) atoms. The second-order valence-electron chi connectivity index (χ2n) is 6.09. The fraction of sp³-hybridized carbons (Fsp3) is 0.0909. The van der Waals surface area contributed by atoms with Crippen molar-refractivity contribution in [1.29, 1.82) is 0 Å². The van der Waals surface area contributed by atoms with Crippen LogP contribution in [0.4, 0.5) is 0 Å². The predicted molar refractivity (Wildman–Crippen MR) is 105 cm³/mol. The summed E-state index contributed by atoms with van der Waals surface area (Å²) in [7, 11) is 1.63. The third kappa shape index (κ3) is 3.27. The molecule has 0 fully saturated rings. The Labute approximate surface area is 157 Å². The first-order valence-electron chi connectivity index (χ1n) is 8.70. The van der Waals surface area contributed by atoms with E-state index in [9.17, 15) is 4.79 Å². The van der Waals surface area contributed by atoms with Gasteiger partial charge in [-0.1, -0.05) is 48.5 Å². The lowest BCUT2D eigenvalue weighted by atomic mass is 10.1. The minimum Gasteiger partial charge on any atom is -0.493 e. The van der Waals surface area contributed by atoms with Crippen LogP contribution < -0.4 is 10.1 Å². The molecule has 4 aromatic rings. The fourth-order valence-electron chi connectivity index (χ4n) is 3.10. The lowest BCUT2D eigenvalue weighted by Gasteiger charge is -2.08. The molecular formula is C22H19N3O2. The number of amides is 1. The third-order valence-electron chi connectivity index (χ3n) is 4.43. The van der Waals surface area contributed by atoms with E-state index in [1.165, 1.54) is 0 Å². The first-order valence-corrected chi connectivity index (χ1v) is 8.70. The molecule has 0 spiro atoms. The lowest BCUT2D eigenvalue weighted by molar-refractivity contribution is 0.0950. The summed E-state index contributed by atoms with van der Waals surface area (Å²) < 4.78 is 7.42. The molecule has 0 aliphatic rings. The molecule has 0 aliphatic carbocycles. The highest BCUT2D eigenvalue weighted by Gasteiger charge is 2.17. The Kier molecular flexibility index (Phi) is 4.58. The molecular weight excluding hydrogens is 338 g/mol. The normalized spacial score (nSPS) is 10.7. The largest absolute Gasteiger partial charge is 0.493 e. The highest BCUT2D eigenvalue weighted by atomic mass is 16.5. The van der Waals surface area contributed by atoms with Crippen molar-refractivity contribution < 1.29 is 9.53 Å². The summed E-state index contributed by atoms with van der Waals surface area (Å²) >= 11 is 0. The number of methoxy groups -OCH3 is 1. The minimum absolute atomic E-state index is 0.118. The van der Waals surface area contributed by atoms with E-state index in [0.717, 1.165) is 22.6 Å². The number of hydrogen-bond acceptors (Lipinski definition) is 3. The molecule has 0 atom stereocenters. The van der Waals surface area contributed by atoms with Crippen molar-refractivity contribution in [2.24, 2.45) is 0 Å². The summed E-state index contributed by atoms with van der Waals surface area (Å²) in [5.41, 5.74) is 4.08. The van der Waals surface area contributed by atoms with E-state index >= 15 is 0 Å². The summed E-state index contributed by atoms with van der Waals surface area (Å²) in [6.45, 7) is 0.353. The quantitative estimate of drug-likeness (QED) is 0.589. The van der Waals surface area contributed by atoms with Crippen molar-refractivity contribution in [1.82, 2.24) is 14.7 Å². The number of ether oxygens (including phenoxy) is 1. The maximum absolute atomic E-state index is 12.5. The van der Waals surface area contributed by atoms with Crippen molar-refractivity contribution >= 4 is 11.6 Å². The zero-order valence-corrected chi connectivity index (χ0v) is 14.9. The van der Waals surface area contributed by atoms with Crippen LogP contribution in [0.3, 0.4) is 0 Å². The van der Waals surface area contributed by atoms with Crippen LogP contribution in [0, 0.1) is 0 Å². The Hall–Kier alpha value is -3.60. The maximum atomic E-state index is 12.5. The molecule has 5 nitrogen and oxygen atoms in total. The van der Waals surface area contributed by atoms with E-state index in [-0.39, 0.29) is 5.91 Å². The lowest BCUT2D eigenvalue weighted by Crippen LogP contribution is -2.23. The van der Waals surface area contributed by atoms with E-state index in [4.69, 9.17) is 9.72 Å². The number of carbonyl (C=O) groups excluding carboxylic acids is 1. The maximum Gasteiger partial charge on any atom is 0.251 e. The highest BCUT2D eigenvalue weighted by molar-refractivity contribution is 5.94. The Bertz CT molecular complexity index is 1070. The topological polar surface area (TPSA) is 55.6 Å². The average molecular weight is 357 g/mol. The van der Waals surface area contributed by atoms with Gasteiger partial charge in [-0.05, 0) is 24.3 Å². The second kappa shape index (κ2) is 7.33. The Balaban J connectivity index is 1.75. The van der Waals surface area contributed by atoms with Crippen LogP contribution in [-0.2, 0) is 6.54 Å². The monoisotopic (exact) mass is 357 g/mol. The van der Waals surface area contributed by atoms with Gasteiger partial charge in [0.1, 0.15) is 0 Å². The van der Waals surface area contributed by atoms with E-state index in [2.05, 4.69) is 5.32 Å². The second-order valence-corrected chi connectivity index (χ2v) is 6.09. The fourth-order valence-corrected chi connectivity index (χ4v) is 3.10. The smallest absolute Gasteiger partial charge is 0.251 e. The first-order chi connectivity index (χ1) is 13.3. The number of imidazole rings is 1. The number of aromatic nitrogens is 2. The first kappa shape index (κ1) is 16.8. The molecule has 0 aliphatic heterocycles. The number of hydrogen-bond donors (Lipinski definition) is 1. The van der Waals surface area contributed by atoms with Gasteiger partial charge in [-0.3, -0.25) is 9.20 Å². The van der Waals surface area contributed by atoms with Gasteiger partial charge in [-0.2, -0.15) is 0 Å². The van der Waals surface area contributed by atoms with Crippen LogP contribution in [-0.4, -0.2) is 22.4 Å². The van der Waals surface area contributed by atoms with Crippen LogP contribution in [0.15, 0.2) is 79.0 Å². The summed E-state index contributed by atoms with van der Waals surface area (Å²) in [4.78, 5) is 17.3. The van der Waals surface area contributed by atoms with Gasteiger partial charge in [0.2, 0.25) is 0 Å². The molecule has 0 saturated carbocycles. The van der Waals surface area contributed by atoms with E-state index in [1.54, 1.807) is 19.2 Å². The molecule has 0 bridgehead atoms. The molecule has 0 radical (unpaired) electrons. The average Bonchev–Trinajstić information content (AvgIpc) is 3.12. The number of rotatable bonds is 5. The van der Waals surface area contributed by atoms with E-state index in [0.29, 0.717) is 17.9 Å². The Morgan fingerprint density at radius 2 is 1.70 bits per heavy atom. The van der Waals surface area contributed by atoms with Crippen LogP contribution in [0.5, 0.6) is 5.75 Å². The van der Waals surface area contributed by atoms with Gasteiger partial charge in [0.15, 0.2) is 11.4 Å². The molecule has 1 N–H and O–H groups in total. The zero-order chi connectivity index (χ0) is 18.6. The Morgan fingerprint density at radius 1 is 1.00 bits per heavy atom. The van der Waals surface area contributed by atoms with Crippen molar-refractivity contribution in [2.45, 2.75) is 6.54 Å². The molecule has 5 heteroatoms. The van der Waals surface area contributed by atoms with Crippen molar-refractivity contribution in [3.8, 4) is 17.0 Å². The van der Waals surface area contributed by atoms with Crippen molar-refractivity contribution in [3.05, 3.63) is 90.3 Å². The summed E-state index contributed by atoms with van der Waals surface area (Å²) in [6, 6.07) is 22.9. The molecule has 2 aromatic carbocycles. The molecule has 2 heterocycles. The number of nitrogens with zero attached hydrogens (tertiary/aromatic N) is 2. The van der Waals surface area contributed by atoms with Gasteiger partial charge >= 0.3 is 0 Å². The summed E-state index contributed by atoms with van der Waals surface area (Å²) in [6.07, 6.45) is 1.93. The van der Waals surface area contributed by atoms with Crippen LogP contribution in [0.25, 0.3) is 16.9 Å².